The molecule has 5 nitrogen and oxygen atoms in total. The SMILES string of the molecule is C#CC(C)(C)N(c1cccnc1)c1nc(Cl)ccc1C(N)=O. The van der Waals surface area contributed by atoms with Gasteiger partial charge in [0.1, 0.15) is 16.5 Å². The van der Waals surface area contributed by atoms with Crippen LogP contribution in [0.25, 0.3) is 0 Å². The third-order valence-electron chi connectivity index (χ3n) is 3.13. The number of hydrogen-bond donors (Lipinski definition) is 1. The Morgan fingerprint density at radius 1 is 1.41 bits per heavy atom. The molecule has 0 saturated heterocycles. The molecule has 0 aliphatic carbocycles. The molecule has 0 spiro atoms. The summed E-state index contributed by atoms with van der Waals surface area (Å²) >= 11 is 5.99. The lowest BCUT2D eigenvalue weighted by Crippen LogP contribution is -2.41. The number of amides is 1. The smallest absolute Gasteiger partial charge is 0.252 e. The van der Waals surface area contributed by atoms with Crippen molar-refractivity contribution in [1.29, 1.82) is 0 Å². The van der Waals surface area contributed by atoms with Crippen molar-refractivity contribution in [3.8, 4) is 12.3 Å². The Labute approximate surface area is 134 Å². The van der Waals surface area contributed by atoms with Crippen LogP contribution in [0.2, 0.25) is 5.15 Å². The first kappa shape index (κ1) is 15.8. The molecule has 2 aromatic rings. The van der Waals surface area contributed by atoms with Crippen LogP contribution in [-0.4, -0.2) is 21.4 Å². The second-order valence-corrected chi connectivity index (χ2v) is 5.51. The highest BCUT2D eigenvalue weighted by Crippen LogP contribution is 2.34. The highest BCUT2D eigenvalue weighted by Gasteiger charge is 2.30. The van der Waals surface area contributed by atoms with Gasteiger partial charge in [0, 0.05) is 6.20 Å². The van der Waals surface area contributed by atoms with Gasteiger partial charge in [-0.15, -0.1) is 6.42 Å². The van der Waals surface area contributed by atoms with E-state index in [1.54, 1.807) is 23.4 Å². The van der Waals surface area contributed by atoms with Crippen LogP contribution in [0.15, 0.2) is 36.7 Å². The maximum atomic E-state index is 11.7. The first-order chi connectivity index (χ1) is 10.4. The molecule has 2 N–H and O–H groups in total. The number of carbonyl (C=O) groups is 1. The molecule has 2 rings (SSSR count). The van der Waals surface area contributed by atoms with Gasteiger partial charge in [0.25, 0.3) is 5.91 Å². The Bertz CT molecular complexity index is 738. The van der Waals surface area contributed by atoms with Gasteiger partial charge in [0.05, 0.1) is 17.4 Å². The summed E-state index contributed by atoms with van der Waals surface area (Å²) in [4.78, 5) is 21.8. The maximum Gasteiger partial charge on any atom is 0.252 e. The number of primary amides is 1. The molecule has 0 unspecified atom stereocenters. The van der Waals surface area contributed by atoms with E-state index in [9.17, 15) is 4.79 Å². The molecule has 2 heterocycles. The average molecular weight is 315 g/mol. The number of nitrogens with zero attached hydrogens (tertiary/aromatic N) is 3. The Hall–Kier alpha value is -2.58. The molecule has 112 valence electrons. The minimum absolute atomic E-state index is 0.233. The van der Waals surface area contributed by atoms with Crippen LogP contribution in [0.5, 0.6) is 0 Å². The lowest BCUT2D eigenvalue weighted by atomic mass is 10.0. The van der Waals surface area contributed by atoms with Gasteiger partial charge in [-0.25, -0.2) is 4.98 Å². The van der Waals surface area contributed by atoms with Crippen molar-refractivity contribution in [3.05, 3.63) is 47.4 Å². The van der Waals surface area contributed by atoms with E-state index < -0.39 is 11.4 Å². The Morgan fingerprint density at radius 3 is 2.68 bits per heavy atom. The fraction of sp³-hybridized carbons (Fsp3) is 0.188. The molecule has 0 saturated carbocycles. The number of carbonyl (C=O) groups excluding carboxylic acids is 1. The fourth-order valence-corrected chi connectivity index (χ4v) is 2.19. The van der Waals surface area contributed by atoms with Crippen molar-refractivity contribution >= 4 is 29.0 Å². The highest BCUT2D eigenvalue weighted by atomic mass is 35.5. The number of terminal acetylenes is 1. The zero-order valence-electron chi connectivity index (χ0n) is 12.2. The molecule has 1 amide bonds. The van der Waals surface area contributed by atoms with E-state index >= 15 is 0 Å². The molecule has 0 radical (unpaired) electrons. The molecule has 2 aromatic heterocycles. The summed E-state index contributed by atoms with van der Waals surface area (Å²) in [5, 5.41) is 0.238. The van der Waals surface area contributed by atoms with Gasteiger partial charge >= 0.3 is 0 Å². The number of nitrogens with two attached hydrogens (primary N) is 1. The van der Waals surface area contributed by atoms with E-state index in [0.717, 1.165) is 0 Å². The van der Waals surface area contributed by atoms with Crippen LogP contribution in [0.3, 0.4) is 0 Å². The molecule has 0 fully saturated rings. The van der Waals surface area contributed by atoms with Crippen molar-refractivity contribution in [1.82, 2.24) is 9.97 Å². The van der Waals surface area contributed by atoms with Crippen molar-refractivity contribution in [3.63, 3.8) is 0 Å². The van der Waals surface area contributed by atoms with Crippen LogP contribution in [0.1, 0.15) is 24.2 Å². The molecule has 0 aromatic carbocycles. The summed E-state index contributed by atoms with van der Waals surface area (Å²) in [5.74, 6) is 2.38. The average Bonchev–Trinajstić information content (AvgIpc) is 2.48. The fourth-order valence-electron chi connectivity index (χ4n) is 2.05. The zero-order valence-corrected chi connectivity index (χ0v) is 13.0. The van der Waals surface area contributed by atoms with Crippen LogP contribution >= 0.6 is 11.6 Å². The largest absolute Gasteiger partial charge is 0.365 e. The van der Waals surface area contributed by atoms with Crippen LogP contribution in [0.4, 0.5) is 11.5 Å². The molecule has 0 atom stereocenters. The monoisotopic (exact) mass is 314 g/mol. The van der Waals surface area contributed by atoms with Gasteiger partial charge in [-0.1, -0.05) is 17.5 Å². The van der Waals surface area contributed by atoms with E-state index in [1.165, 1.54) is 12.1 Å². The van der Waals surface area contributed by atoms with E-state index in [2.05, 4.69) is 15.9 Å². The minimum Gasteiger partial charge on any atom is -0.365 e. The molecular formula is C16H15ClN4O. The number of rotatable bonds is 4. The highest BCUT2D eigenvalue weighted by molar-refractivity contribution is 6.29. The first-order valence-corrected chi connectivity index (χ1v) is 6.89. The summed E-state index contributed by atoms with van der Waals surface area (Å²) in [7, 11) is 0. The number of anilines is 2. The molecule has 0 aliphatic heterocycles. The Morgan fingerprint density at radius 2 is 2.14 bits per heavy atom. The second-order valence-electron chi connectivity index (χ2n) is 5.12. The lowest BCUT2D eigenvalue weighted by molar-refractivity contribution is 0.100. The Kier molecular flexibility index (Phi) is 4.34. The van der Waals surface area contributed by atoms with Crippen LogP contribution < -0.4 is 10.6 Å². The van der Waals surface area contributed by atoms with Gasteiger partial charge in [-0.2, -0.15) is 0 Å². The van der Waals surface area contributed by atoms with Crippen molar-refractivity contribution < 1.29 is 4.79 Å². The maximum absolute atomic E-state index is 11.7. The van der Waals surface area contributed by atoms with Crippen molar-refractivity contribution in [2.45, 2.75) is 19.4 Å². The number of halogens is 1. The topological polar surface area (TPSA) is 72.1 Å². The summed E-state index contributed by atoms with van der Waals surface area (Å²) in [6.07, 6.45) is 8.93. The first-order valence-electron chi connectivity index (χ1n) is 6.51. The second kappa shape index (κ2) is 6.04. The summed E-state index contributed by atoms with van der Waals surface area (Å²) < 4.78 is 0. The van der Waals surface area contributed by atoms with E-state index in [4.69, 9.17) is 23.8 Å². The summed E-state index contributed by atoms with van der Waals surface area (Å²) in [5.41, 5.74) is 5.59. The third kappa shape index (κ3) is 3.02. The van der Waals surface area contributed by atoms with Crippen LogP contribution in [0, 0.1) is 12.3 Å². The van der Waals surface area contributed by atoms with E-state index in [0.29, 0.717) is 11.5 Å². The van der Waals surface area contributed by atoms with Gasteiger partial charge in [-0.05, 0) is 38.1 Å². The van der Waals surface area contributed by atoms with Gasteiger partial charge < -0.3 is 10.6 Å². The zero-order chi connectivity index (χ0) is 16.3. The van der Waals surface area contributed by atoms with Crippen molar-refractivity contribution in [2.24, 2.45) is 5.73 Å². The molecule has 0 bridgehead atoms. The standard InChI is InChI=1S/C16H15ClN4O/c1-4-16(2,3)21(11-6-5-9-19-10-11)15-12(14(18)22)7-8-13(17)20-15/h1,5-10H,2-3H3,(H2,18,22). The van der Waals surface area contributed by atoms with Crippen molar-refractivity contribution in [2.75, 3.05) is 4.90 Å². The quantitative estimate of drug-likeness (QED) is 0.695. The van der Waals surface area contributed by atoms with Gasteiger partial charge in [0.2, 0.25) is 0 Å². The number of hydrogen-bond acceptors (Lipinski definition) is 4. The minimum atomic E-state index is -0.773. The predicted molar refractivity (Wildman–Crippen MR) is 87.1 cm³/mol. The normalized spacial score (nSPS) is 10.8. The van der Waals surface area contributed by atoms with E-state index in [-0.39, 0.29) is 10.7 Å². The predicted octanol–water partition coefficient (Wildman–Crippen LogP) is 2.78. The molecule has 22 heavy (non-hydrogen) atoms. The van der Waals surface area contributed by atoms with Gasteiger partial charge in [-0.3, -0.25) is 9.78 Å². The van der Waals surface area contributed by atoms with Gasteiger partial charge in [0.15, 0.2) is 0 Å². The van der Waals surface area contributed by atoms with Crippen LogP contribution in [-0.2, 0) is 0 Å². The molecule has 0 aliphatic rings. The Balaban J connectivity index is 2.74. The van der Waals surface area contributed by atoms with E-state index in [1.807, 2.05) is 19.9 Å². The summed E-state index contributed by atoms with van der Waals surface area (Å²) in [6, 6.07) is 6.63. The third-order valence-corrected chi connectivity index (χ3v) is 3.35. The number of pyridine rings is 2. The number of aromatic nitrogens is 2. The molecular weight excluding hydrogens is 300 g/mol. The molecule has 6 heteroatoms. The lowest BCUT2D eigenvalue weighted by Gasteiger charge is -2.36. The summed E-state index contributed by atoms with van der Waals surface area (Å²) in [6.45, 7) is 3.65.